The lowest BCUT2D eigenvalue weighted by molar-refractivity contribution is -0.116. The Hall–Kier alpha value is -2.62. The van der Waals surface area contributed by atoms with Crippen LogP contribution in [0.2, 0.25) is 0 Å². The van der Waals surface area contributed by atoms with E-state index in [2.05, 4.69) is 15.0 Å². The molecular formula is C17H24N6O3S. The fourth-order valence-electron chi connectivity index (χ4n) is 2.53. The van der Waals surface area contributed by atoms with Gasteiger partial charge in [-0.2, -0.15) is 0 Å². The van der Waals surface area contributed by atoms with Gasteiger partial charge in [-0.25, -0.2) is 14.8 Å². The van der Waals surface area contributed by atoms with Crippen LogP contribution in [0.1, 0.15) is 33.1 Å². The number of aromatic nitrogens is 4. The zero-order chi connectivity index (χ0) is 19.8. The van der Waals surface area contributed by atoms with Crippen molar-refractivity contribution >= 4 is 29.2 Å². The molecule has 0 unspecified atom stereocenters. The topological polar surface area (TPSA) is 127 Å². The average molecular weight is 392 g/mol. The molecule has 0 fully saturated rings. The largest absolute Gasteiger partial charge is 0.383 e. The Kier molecular flexibility index (Phi) is 7.59. The van der Waals surface area contributed by atoms with Gasteiger partial charge in [-0.15, -0.1) is 0 Å². The first kappa shape index (κ1) is 20.7. The molecule has 9 nitrogen and oxygen atoms in total. The number of H-pyrrole nitrogens is 1. The summed E-state index contributed by atoms with van der Waals surface area (Å²) >= 11 is 1.18. The summed E-state index contributed by atoms with van der Waals surface area (Å²) in [6.45, 7) is 4.58. The molecule has 2 rings (SSSR count). The maximum absolute atomic E-state index is 12.8. The van der Waals surface area contributed by atoms with E-state index in [1.54, 1.807) is 18.5 Å². The van der Waals surface area contributed by atoms with E-state index in [0.29, 0.717) is 31.1 Å². The van der Waals surface area contributed by atoms with E-state index in [0.717, 1.165) is 6.42 Å². The summed E-state index contributed by atoms with van der Waals surface area (Å²) < 4.78 is 1.29. The number of carbonyl (C=O) groups excluding carboxylic acids is 1. The van der Waals surface area contributed by atoms with Crippen molar-refractivity contribution in [3.8, 4) is 0 Å². The third kappa shape index (κ3) is 5.19. The van der Waals surface area contributed by atoms with Crippen LogP contribution in [0.5, 0.6) is 0 Å². The Morgan fingerprint density at radius 3 is 2.59 bits per heavy atom. The molecule has 2 heterocycles. The van der Waals surface area contributed by atoms with E-state index in [4.69, 9.17) is 5.73 Å². The Labute approximate surface area is 161 Å². The highest BCUT2D eigenvalue weighted by Crippen LogP contribution is 2.20. The Bertz CT molecular complexity index is 880. The highest BCUT2D eigenvalue weighted by atomic mass is 32.2. The van der Waals surface area contributed by atoms with Gasteiger partial charge in [0.05, 0.1) is 5.75 Å². The summed E-state index contributed by atoms with van der Waals surface area (Å²) in [4.78, 5) is 49.1. The number of rotatable bonds is 9. The van der Waals surface area contributed by atoms with Gasteiger partial charge in [0, 0.05) is 25.5 Å². The predicted octanol–water partition coefficient (Wildman–Crippen LogP) is 1.24. The molecule has 0 saturated carbocycles. The molecule has 0 saturated heterocycles. The summed E-state index contributed by atoms with van der Waals surface area (Å²) in [6.07, 6.45) is 5.39. The van der Waals surface area contributed by atoms with Crippen LogP contribution >= 0.6 is 11.8 Å². The van der Waals surface area contributed by atoms with Crippen molar-refractivity contribution in [1.82, 2.24) is 19.5 Å². The lowest BCUT2D eigenvalue weighted by atomic mass is 10.2. The molecule has 0 aromatic carbocycles. The first-order chi connectivity index (χ1) is 13.0. The van der Waals surface area contributed by atoms with Gasteiger partial charge in [-0.05, 0) is 18.9 Å². The molecule has 0 spiro atoms. The summed E-state index contributed by atoms with van der Waals surface area (Å²) in [5.41, 5.74) is 4.90. The molecule has 2 aromatic heterocycles. The van der Waals surface area contributed by atoms with Gasteiger partial charge < -0.3 is 10.6 Å². The second-order valence-corrected chi connectivity index (χ2v) is 6.81. The Morgan fingerprint density at radius 1 is 1.26 bits per heavy atom. The van der Waals surface area contributed by atoms with Crippen LogP contribution in [-0.2, 0) is 11.3 Å². The zero-order valence-electron chi connectivity index (χ0n) is 15.5. The molecule has 0 aliphatic carbocycles. The fraction of sp³-hybridized carbons (Fsp3) is 0.471. The van der Waals surface area contributed by atoms with Gasteiger partial charge >= 0.3 is 5.69 Å². The minimum atomic E-state index is -0.657. The number of anilines is 2. The molecule has 0 bridgehead atoms. The van der Waals surface area contributed by atoms with Gasteiger partial charge in [-0.1, -0.05) is 32.0 Å². The highest BCUT2D eigenvalue weighted by molar-refractivity contribution is 7.99. The number of nitrogens with one attached hydrogen (secondary N) is 1. The predicted molar refractivity (Wildman–Crippen MR) is 106 cm³/mol. The van der Waals surface area contributed by atoms with Crippen LogP contribution in [0.15, 0.2) is 33.2 Å². The SMILES string of the molecule is CCCCN(C(=O)CSc1ncccn1)c1c(N)n(CCC)c(=O)[nH]c1=O. The summed E-state index contributed by atoms with van der Waals surface area (Å²) in [5.74, 6) is -0.227. The fourth-order valence-corrected chi connectivity index (χ4v) is 3.20. The standard InChI is InChI=1S/C17H24N6O3S/c1-3-5-10-22(12(24)11-27-16-19-7-6-8-20-16)13-14(18)23(9-4-2)17(26)21-15(13)25/h6-8H,3-5,9-11,18H2,1-2H3,(H,21,25,26). The minimum Gasteiger partial charge on any atom is -0.383 e. The molecule has 0 atom stereocenters. The van der Waals surface area contributed by atoms with E-state index >= 15 is 0 Å². The number of nitrogens with zero attached hydrogens (tertiary/aromatic N) is 4. The molecule has 10 heteroatoms. The van der Waals surface area contributed by atoms with Gasteiger partial charge in [-0.3, -0.25) is 19.1 Å². The quantitative estimate of drug-likeness (QED) is 0.485. The molecule has 0 radical (unpaired) electrons. The summed E-state index contributed by atoms with van der Waals surface area (Å²) in [5, 5.41) is 0.471. The molecular weight excluding hydrogens is 368 g/mol. The molecule has 2 aromatic rings. The smallest absolute Gasteiger partial charge is 0.330 e. The van der Waals surface area contributed by atoms with Crippen molar-refractivity contribution in [2.45, 2.75) is 44.8 Å². The molecule has 27 heavy (non-hydrogen) atoms. The lowest BCUT2D eigenvalue weighted by Gasteiger charge is -2.24. The number of unbranched alkanes of at least 4 members (excludes halogenated alkanes) is 1. The Balaban J connectivity index is 2.35. The normalized spacial score (nSPS) is 10.7. The first-order valence-corrected chi connectivity index (χ1v) is 9.80. The van der Waals surface area contributed by atoms with Crippen molar-refractivity contribution in [3.05, 3.63) is 39.3 Å². The van der Waals surface area contributed by atoms with E-state index in [1.165, 1.54) is 21.2 Å². The van der Waals surface area contributed by atoms with Crippen molar-refractivity contribution in [1.29, 1.82) is 0 Å². The van der Waals surface area contributed by atoms with Crippen LogP contribution in [0.4, 0.5) is 11.5 Å². The lowest BCUT2D eigenvalue weighted by Crippen LogP contribution is -2.42. The third-order valence-electron chi connectivity index (χ3n) is 3.83. The second kappa shape index (κ2) is 9.91. The van der Waals surface area contributed by atoms with Gasteiger partial charge in [0.2, 0.25) is 5.91 Å². The van der Waals surface area contributed by atoms with E-state index in [-0.39, 0.29) is 23.2 Å². The third-order valence-corrected chi connectivity index (χ3v) is 4.69. The average Bonchev–Trinajstić information content (AvgIpc) is 2.66. The molecule has 146 valence electrons. The number of thioether (sulfide) groups is 1. The maximum Gasteiger partial charge on any atom is 0.330 e. The monoisotopic (exact) mass is 392 g/mol. The summed E-state index contributed by atoms with van der Waals surface area (Å²) in [6, 6.07) is 1.69. The van der Waals surface area contributed by atoms with Crippen molar-refractivity contribution in [2.75, 3.05) is 22.9 Å². The minimum absolute atomic E-state index is 0.0102. The van der Waals surface area contributed by atoms with Gasteiger partial charge in [0.25, 0.3) is 5.56 Å². The van der Waals surface area contributed by atoms with Gasteiger partial charge in [0.1, 0.15) is 5.82 Å². The van der Waals surface area contributed by atoms with Crippen molar-refractivity contribution in [3.63, 3.8) is 0 Å². The van der Waals surface area contributed by atoms with Crippen LogP contribution in [0.25, 0.3) is 0 Å². The number of aromatic amines is 1. The van der Waals surface area contributed by atoms with E-state index in [9.17, 15) is 14.4 Å². The summed E-state index contributed by atoms with van der Waals surface area (Å²) in [7, 11) is 0. The number of nitrogens with two attached hydrogens (primary N) is 1. The van der Waals surface area contributed by atoms with Gasteiger partial charge in [0.15, 0.2) is 10.8 Å². The number of carbonyl (C=O) groups is 1. The zero-order valence-corrected chi connectivity index (χ0v) is 16.3. The molecule has 0 aliphatic rings. The second-order valence-electron chi connectivity index (χ2n) is 5.86. The number of nitrogen functional groups attached to an aromatic ring is 1. The van der Waals surface area contributed by atoms with Crippen LogP contribution in [-0.4, -0.2) is 37.7 Å². The number of amides is 1. The van der Waals surface area contributed by atoms with E-state index in [1.807, 2.05) is 13.8 Å². The van der Waals surface area contributed by atoms with Crippen LogP contribution in [0.3, 0.4) is 0 Å². The van der Waals surface area contributed by atoms with Crippen molar-refractivity contribution in [2.24, 2.45) is 0 Å². The molecule has 1 amide bonds. The highest BCUT2D eigenvalue weighted by Gasteiger charge is 2.24. The number of hydrogen-bond acceptors (Lipinski definition) is 7. The maximum atomic E-state index is 12.8. The Morgan fingerprint density at radius 2 is 1.96 bits per heavy atom. The van der Waals surface area contributed by atoms with Crippen LogP contribution < -0.4 is 21.9 Å². The van der Waals surface area contributed by atoms with E-state index < -0.39 is 11.2 Å². The number of hydrogen-bond donors (Lipinski definition) is 2. The molecule has 3 N–H and O–H groups in total. The molecule has 0 aliphatic heterocycles. The first-order valence-electron chi connectivity index (χ1n) is 8.82. The van der Waals surface area contributed by atoms with Crippen molar-refractivity contribution < 1.29 is 4.79 Å². The van der Waals surface area contributed by atoms with Crippen LogP contribution in [0, 0.1) is 0 Å².